The lowest BCUT2D eigenvalue weighted by atomic mass is 10.1. The highest BCUT2D eigenvalue weighted by atomic mass is 16.4. The van der Waals surface area contributed by atoms with E-state index in [1.165, 1.54) is 12.4 Å². The van der Waals surface area contributed by atoms with Gasteiger partial charge in [-0.3, -0.25) is 19.9 Å². The molecule has 0 aliphatic rings. The van der Waals surface area contributed by atoms with Crippen molar-refractivity contribution in [2.75, 3.05) is 0 Å². The number of hydrogen-bond acceptors (Lipinski definition) is 4. The number of nitrogens with one attached hydrogen (secondary N) is 3. The van der Waals surface area contributed by atoms with Gasteiger partial charge in [0.1, 0.15) is 0 Å². The standard InChI is InChI=1S/C15H15N5O3/c1-7-10(19-8(2)12(7)15(22)23)5-11-13(17-4-3-16-11)9-6-18-20-14(9)21/h3-4,6,19H,5H2,1-2H3,(H,22,23)(H2,18,20,21). The zero-order chi connectivity index (χ0) is 16.6. The molecular weight excluding hydrogens is 298 g/mol. The second kappa shape index (κ2) is 5.56. The topological polar surface area (TPSA) is 128 Å². The summed E-state index contributed by atoms with van der Waals surface area (Å²) < 4.78 is 0. The molecular formula is C15H15N5O3. The molecule has 118 valence electrons. The highest BCUT2D eigenvalue weighted by Gasteiger charge is 2.19. The Hall–Kier alpha value is -3.16. The number of aromatic nitrogens is 5. The molecule has 8 nitrogen and oxygen atoms in total. The van der Waals surface area contributed by atoms with E-state index in [1.807, 2.05) is 0 Å². The molecule has 0 atom stereocenters. The SMILES string of the molecule is Cc1[nH]c(Cc2nccnc2-c2c[nH][nH]c2=O)c(C)c1C(=O)O. The van der Waals surface area contributed by atoms with Gasteiger partial charge in [0, 0.05) is 36.4 Å². The Morgan fingerprint density at radius 3 is 2.61 bits per heavy atom. The number of H-pyrrole nitrogens is 3. The van der Waals surface area contributed by atoms with Gasteiger partial charge >= 0.3 is 5.97 Å². The van der Waals surface area contributed by atoms with Crippen LogP contribution in [-0.2, 0) is 6.42 Å². The average molecular weight is 313 g/mol. The van der Waals surface area contributed by atoms with E-state index in [2.05, 4.69) is 25.1 Å². The number of aromatic carboxylic acids is 1. The van der Waals surface area contributed by atoms with E-state index in [0.29, 0.717) is 34.6 Å². The van der Waals surface area contributed by atoms with Crippen molar-refractivity contribution >= 4 is 5.97 Å². The molecule has 0 saturated carbocycles. The lowest BCUT2D eigenvalue weighted by molar-refractivity contribution is 0.0695. The van der Waals surface area contributed by atoms with E-state index in [-0.39, 0.29) is 11.1 Å². The van der Waals surface area contributed by atoms with E-state index in [1.54, 1.807) is 20.0 Å². The first-order valence-electron chi connectivity index (χ1n) is 6.96. The summed E-state index contributed by atoms with van der Waals surface area (Å²) in [4.78, 5) is 34.7. The maximum atomic E-state index is 11.8. The van der Waals surface area contributed by atoms with Gasteiger partial charge in [-0.2, -0.15) is 0 Å². The molecule has 3 rings (SSSR count). The third-order valence-corrected chi connectivity index (χ3v) is 3.78. The van der Waals surface area contributed by atoms with Crippen LogP contribution in [0.3, 0.4) is 0 Å². The summed E-state index contributed by atoms with van der Waals surface area (Å²) in [7, 11) is 0. The van der Waals surface area contributed by atoms with Crippen LogP contribution in [0.15, 0.2) is 23.4 Å². The molecule has 3 aromatic heterocycles. The molecule has 0 radical (unpaired) electrons. The molecule has 23 heavy (non-hydrogen) atoms. The van der Waals surface area contributed by atoms with Crippen LogP contribution in [0.2, 0.25) is 0 Å². The molecule has 0 saturated heterocycles. The average Bonchev–Trinajstić information content (AvgIpc) is 3.03. The number of carbonyl (C=O) groups is 1. The number of nitrogens with zero attached hydrogens (tertiary/aromatic N) is 2. The summed E-state index contributed by atoms with van der Waals surface area (Å²) >= 11 is 0. The lowest BCUT2D eigenvalue weighted by Crippen LogP contribution is -2.07. The van der Waals surface area contributed by atoms with E-state index in [0.717, 1.165) is 5.69 Å². The quantitative estimate of drug-likeness (QED) is 0.579. The minimum Gasteiger partial charge on any atom is -0.478 e. The van der Waals surface area contributed by atoms with Crippen LogP contribution in [-0.4, -0.2) is 36.2 Å². The zero-order valence-corrected chi connectivity index (χ0v) is 12.6. The number of aryl methyl sites for hydroxylation is 1. The fourth-order valence-corrected chi connectivity index (χ4v) is 2.68. The third kappa shape index (κ3) is 2.54. The molecule has 8 heteroatoms. The van der Waals surface area contributed by atoms with Gasteiger partial charge in [0.2, 0.25) is 0 Å². The Balaban J connectivity index is 2.06. The molecule has 0 bridgehead atoms. The summed E-state index contributed by atoms with van der Waals surface area (Å²) in [6.45, 7) is 3.47. The molecule has 0 aliphatic carbocycles. The van der Waals surface area contributed by atoms with E-state index in [4.69, 9.17) is 0 Å². The number of carboxylic acids is 1. The Morgan fingerprint density at radius 1 is 1.26 bits per heavy atom. The van der Waals surface area contributed by atoms with Gasteiger partial charge in [-0.25, -0.2) is 4.79 Å². The van der Waals surface area contributed by atoms with Gasteiger partial charge in [-0.15, -0.1) is 0 Å². The van der Waals surface area contributed by atoms with Gasteiger partial charge < -0.3 is 15.2 Å². The van der Waals surface area contributed by atoms with Crippen molar-refractivity contribution in [1.82, 2.24) is 25.1 Å². The highest BCUT2D eigenvalue weighted by Crippen LogP contribution is 2.23. The molecule has 4 N–H and O–H groups in total. The Labute approximate surface area is 130 Å². The first-order valence-corrected chi connectivity index (χ1v) is 6.96. The van der Waals surface area contributed by atoms with Crippen molar-refractivity contribution in [3.63, 3.8) is 0 Å². The van der Waals surface area contributed by atoms with Gasteiger partial charge in [0.05, 0.1) is 22.5 Å². The van der Waals surface area contributed by atoms with Gasteiger partial charge in [0.25, 0.3) is 5.56 Å². The summed E-state index contributed by atoms with van der Waals surface area (Å²) in [6, 6.07) is 0. The van der Waals surface area contributed by atoms with Crippen LogP contribution in [0, 0.1) is 13.8 Å². The minimum absolute atomic E-state index is 0.268. The van der Waals surface area contributed by atoms with Gasteiger partial charge in [-0.05, 0) is 19.4 Å². The summed E-state index contributed by atoms with van der Waals surface area (Å²) in [5, 5.41) is 14.4. The molecule has 0 aromatic carbocycles. The van der Waals surface area contributed by atoms with Crippen molar-refractivity contribution in [1.29, 1.82) is 0 Å². The van der Waals surface area contributed by atoms with E-state index < -0.39 is 5.97 Å². The summed E-state index contributed by atoms with van der Waals surface area (Å²) in [5.41, 5.74) is 3.45. The minimum atomic E-state index is -0.969. The van der Waals surface area contributed by atoms with Crippen molar-refractivity contribution < 1.29 is 9.90 Å². The summed E-state index contributed by atoms with van der Waals surface area (Å²) in [5.74, 6) is -0.969. The van der Waals surface area contributed by atoms with Crippen LogP contribution >= 0.6 is 0 Å². The molecule has 3 heterocycles. The predicted octanol–water partition coefficient (Wildman–Crippen LogP) is 1.39. The second-order valence-electron chi connectivity index (χ2n) is 5.22. The number of hydrogen-bond donors (Lipinski definition) is 4. The van der Waals surface area contributed by atoms with Crippen molar-refractivity contribution in [3.05, 3.63) is 57.2 Å². The molecule has 3 aromatic rings. The Kier molecular flexibility index (Phi) is 3.57. The lowest BCUT2D eigenvalue weighted by Gasteiger charge is -2.05. The van der Waals surface area contributed by atoms with Gasteiger partial charge in [-0.1, -0.05) is 0 Å². The molecule has 0 amide bonds. The van der Waals surface area contributed by atoms with Crippen molar-refractivity contribution in [2.24, 2.45) is 0 Å². The van der Waals surface area contributed by atoms with Crippen LogP contribution in [0.1, 0.15) is 33.0 Å². The van der Waals surface area contributed by atoms with E-state index >= 15 is 0 Å². The Morgan fingerprint density at radius 2 is 2.00 bits per heavy atom. The zero-order valence-electron chi connectivity index (χ0n) is 12.6. The first-order chi connectivity index (χ1) is 11.0. The normalized spacial score (nSPS) is 10.9. The van der Waals surface area contributed by atoms with Crippen molar-refractivity contribution in [2.45, 2.75) is 20.3 Å². The molecule has 0 unspecified atom stereocenters. The summed E-state index contributed by atoms with van der Waals surface area (Å²) in [6.07, 6.45) is 4.95. The number of aromatic amines is 3. The monoisotopic (exact) mass is 313 g/mol. The maximum absolute atomic E-state index is 11.8. The largest absolute Gasteiger partial charge is 0.478 e. The molecule has 0 spiro atoms. The third-order valence-electron chi connectivity index (χ3n) is 3.78. The predicted molar refractivity (Wildman–Crippen MR) is 82.5 cm³/mol. The Bertz CT molecular complexity index is 935. The maximum Gasteiger partial charge on any atom is 0.337 e. The van der Waals surface area contributed by atoms with Crippen LogP contribution < -0.4 is 5.56 Å². The number of rotatable bonds is 4. The fourth-order valence-electron chi connectivity index (χ4n) is 2.68. The van der Waals surface area contributed by atoms with Crippen LogP contribution in [0.25, 0.3) is 11.3 Å². The fraction of sp³-hybridized carbons (Fsp3) is 0.200. The number of carboxylic acid groups (broad SMARTS) is 1. The second-order valence-corrected chi connectivity index (χ2v) is 5.22. The van der Waals surface area contributed by atoms with E-state index in [9.17, 15) is 14.7 Å². The first kappa shape index (κ1) is 14.8. The molecule has 0 fully saturated rings. The van der Waals surface area contributed by atoms with Gasteiger partial charge in [0.15, 0.2) is 0 Å². The van der Waals surface area contributed by atoms with Crippen LogP contribution in [0.4, 0.5) is 0 Å². The van der Waals surface area contributed by atoms with Crippen molar-refractivity contribution in [3.8, 4) is 11.3 Å². The van der Waals surface area contributed by atoms with Crippen LogP contribution in [0.5, 0.6) is 0 Å². The molecule has 0 aliphatic heterocycles. The highest BCUT2D eigenvalue weighted by molar-refractivity contribution is 5.91. The smallest absolute Gasteiger partial charge is 0.337 e.